The number of nitrogens with one attached hydrogen (secondary N) is 3. The molecule has 1 atom stereocenters. The highest BCUT2D eigenvalue weighted by atomic mass is 16.2. The SMILES string of the molecule is CC(C)CNC(=O)NC(=O)[C@@H](C)N1CCC(C(=O)Nc2ccccc2)CC1. The predicted molar refractivity (Wildman–Crippen MR) is 105 cm³/mol. The number of para-hydroxylation sites is 1. The van der Waals surface area contributed by atoms with Crippen LogP contribution in [0.2, 0.25) is 0 Å². The number of rotatable bonds is 6. The average Bonchev–Trinajstić information content (AvgIpc) is 2.66. The maximum absolute atomic E-state index is 12.4. The van der Waals surface area contributed by atoms with Crippen LogP contribution in [0.1, 0.15) is 33.6 Å². The van der Waals surface area contributed by atoms with Crippen molar-refractivity contribution in [3.8, 4) is 0 Å². The molecular weight excluding hydrogens is 344 g/mol. The first-order valence-corrected chi connectivity index (χ1v) is 9.55. The van der Waals surface area contributed by atoms with Crippen LogP contribution in [0.3, 0.4) is 0 Å². The number of likely N-dealkylation sites (tertiary alicyclic amines) is 1. The summed E-state index contributed by atoms with van der Waals surface area (Å²) in [5, 5.41) is 8.00. The fourth-order valence-corrected chi connectivity index (χ4v) is 3.04. The van der Waals surface area contributed by atoms with Crippen LogP contribution in [-0.4, -0.2) is 48.4 Å². The maximum Gasteiger partial charge on any atom is 0.321 e. The van der Waals surface area contributed by atoms with Crippen LogP contribution in [-0.2, 0) is 9.59 Å². The summed E-state index contributed by atoms with van der Waals surface area (Å²) in [5.74, 6) is -0.0372. The summed E-state index contributed by atoms with van der Waals surface area (Å²) < 4.78 is 0. The Morgan fingerprint density at radius 3 is 2.30 bits per heavy atom. The van der Waals surface area contributed by atoms with E-state index in [1.54, 1.807) is 6.92 Å². The lowest BCUT2D eigenvalue weighted by atomic mass is 9.94. The molecule has 7 nitrogen and oxygen atoms in total. The van der Waals surface area contributed by atoms with Crippen molar-refractivity contribution in [1.82, 2.24) is 15.5 Å². The lowest BCUT2D eigenvalue weighted by Gasteiger charge is -2.34. The van der Waals surface area contributed by atoms with Gasteiger partial charge in [-0.3, -0.25) is 19.8 Å². The van der Waals surface area contributed by atoms with Gasteiger partial charge in [-0.2, -0.15) is 0 Å². The second-order valence-corrected chi connectivity index (χ2v) is 7.43. The molecule has 0 unspecified atom stereocenters. The summed E-state index contributed by atoms with van der Waals surface area (Å²) in [4.78, 5) is 38.4. The summed E-state index contributed by atoms with van der Waals surface area (Å²) in [6.07, 6.45) is 1.38. The van der Waals surface area contributed by atoms with E-state index >= 15 is 0 Å². The van der Waals surface area contributed by atoms with Gasteiger partial charge in [0.05, 0.1) is 6.04 Å². The molecule has 2 rings (SSSR count). The molecule has 0 aromatic heterocycles. The summed E-state index contributed by atoms with van der Waals surface area (Å²) in [6.45, 7) is 7.58. The Morgan fingerprint density at radius 1 is 1.07 bits per heavy atom. The number of carbonyl (C=O) groups is 3. The largest absolute Gasteiger partial charge is 0.338 e. The molecule has 1 saturated heterocycles. The molecule has 1 heterocycles. The van der Waals surface area contributed by atoms with Crippen LogP contribution in [0.15, 0.2) is 30.3 Å². The summed E-state index contributed by atoms with van der Waals surface area (Å²) >= 11 is 0. The van der Waals surface area contributed by atoms with Gasteiger partial charge >= 0.3 is 6.03 Å². The van der Waals surface area contributed by atoms with Crippen molar-refractivity contribution < 1.29 is 14.4 Å². The molecule has 1 aromatic carbocycles. The zero-order chi connectivity index (χ0) is 19.8. The van der Waals surface area contributed by atoms with Gasteiger partial charge in [0.1, 0.15) is 0 Å². The summed E-state index contributed by atoms with van der Waals surface area (Å²) in [5.41, 5.74) is 0.796. The van der Waals surface area contributed by atoms with Gasteiger partial charge in [-0.15, -0.1) is 0 Å². The number of nitrogens with zero attached hydrogens (tertiary/aromatic N) is 1. The third kappa shape index (κ3) is 6.67. The molecule has 0 saturated carbocycles. The first-order chi connectivity index (χ1) is 12.9. The van der Waals surface area contributed by atoms with E-state index in [0.29, 0.717) is 38.4 Å². The molecule has 1 aromatic rings. The van der Waals surface area contributed by atoms with Crippen molar-refractivity contribution in [2.75, 3.05) is 25.0 Å². The monoisotopic (exact) mass is 374 g/mol. The molecule has 0 aliphatic carbocycles. The van der Waals surface area contributed by atoms with Crippen molar-refractivity contribution in [2.45, 2.75) is 39.7 Å². The van der Waals surface area contributed by atoms with Crippen molar-refractivity contribution in [3.63, 3.8) is 0 Å². The minimum atomic E-state index is -0.460. The number of carbonyl (C=O) groups excluding carboxylic acids is 3. The number of imide groups is 1. The van der Waals surface area contributed by atoms with E-state index in [4.69, 9.17) is 0 Å². The van der Waals surface area contributed by atoms with Gasteiger partial charge < -0.3 is 10.6 Å². The number of urea groups is 1. The second-order valence-electron chi connectivity index (χ2n) is 7.43. The van der Waals surface area contributed by atoms with Crippen LogP contribution in [0, 0.1) is 11.8 Å². The first-order valence-electron chi connectivity index (χ1n) is 9.55. The lowest BCUT2D eigenvalue weighted by Crippen LogP contribution is -2.52. The molecule has 148 valence electrons. The molecular formula is C20H30N4O3. The van der Waals surface area contributed by atoms with Crippen LogP contribution in [0.4, 0.5) is 10.5 Å². The molecule has 0 radical (unpaired) electrons. The third-order valence-electron chi connectivity index (χ3n) is 4.78. The summed E-state index contributed by atoms with van der Waals surface area (Å²) in [7, 11) is 0. The number of anilines is 1. The normalized spacial score (nSPS) is 16.6. The smallest absolute Gasteiger partial charge is 0.321 e. The number of hydrogen-bond donors (Lipinski definition) is 3. The Hall–Kier alpha value is -2.41. The maximum atomic E-state index is 12.4. The van der Waals surface area contributed by atoms with Gasteiger partial charge in [-0.1, -0.05) is 32.0 Å². The van der Waals surface area contributed by atoms with Crippen molar-refractivity contribution in [1.29, 1.82) is 0 Å². The second kappa shape index (κ2) is 10.1. The number of hydrogen-bond acceptors (Lipinski definition) is 4. The quantitative estimate of drug-likeness (QED) is 0.712. The highest BCUT2D eigenvalue weighted by molar-refractivity contribution is 5.97. The fourth-order valence-electron chi connectivity index (χ4n) is 3.04. The molecule has 1 aliphatic rings. The highest BCUT2D eigenvalue weighted by Crippen LogP contribution is 2.21. The highest BCUT2D eigenvalue weighted by Gasteiger charge is 2.30. The molecule has 0 bridgehead atoms. The zero-order valence-electron chi connectivity index (χ0n) is 16.3. The third-order valence-corrected chi connectivity index (χ3v) is 4.78. The van der Waals surface area contributed by atoms with Crippen molar-refractivity contribution >= 4 is 23.5 Å². The molecule has 27 heavy (non-hydrogen) atoms. The predicted octanol–water partition coefficient (Wildman–Crippen LogP) is 2.21. The Balaban J connectivity index is 1.76. The summed E-state index contributed by atoms with van der Waals surface area (Å²) in [6, 6.07) is 8.54. The molecule has 1 fully saturated rings. The Bertz CT molecular complexity index is 640. The van der Waals surface area contributed by atoms with Crippen LogP contribution in [0.25, 0.3) is 0 Å². The number of amides is 4. The standard InChI is InChI=1S/C20H30N4O3/c1-14(2)13-21-20(27)23-18(25)15(3)24-11-9-16(10-12-24)19(26)22-17-7-5-4-6-8-17/h4-8,14-16H,9-13H2,1-3H3,(H,22,26)(H2,21,23,25,27)/t15-/m1/s1. The van der Waals surface area contributed by atoms with Gasteiger partial charge in [-0.05, 0) is 50.9 Å². The fraction of sp³-hybridized carbons (Fsp3) is 0.550. The van der Waals surface area contributed by atoms with E-state index in [1.807, 2.05) is 49.1 Å². The van der Waals surface area contributed by atoms with Crippen LogP contribution >= 0.6 is 0 Å². The lowest BCUT2D eigenvalue weighted by molar-refractivity contribution is -0.126. The van der Waals surface area contributed by atoms with E-state index in [0.717, 1.165) is 5.69 Å². The zero-order valence-corrected chi connectivity index (χ0v) is 16.3. The van der Waals surface area contributed by atoms with Gasteiger partial charge in [0, 0.05) is 18.2 Å². The van der Waals surface area contributed by atoms with Crippen molar-refractivity contribution in [3.05, 3.63) is 30.3 Å². The topological polar surface area (TPSA) is 90.5 Å². The molecule has 4 amide bonds. The minimum absolute atomic E-state index is 0.0195. The Morgan fingerprint density at radius 2 is 1.70 bits per heavy atom. The van der Waals surface area contributed by atoms with E-state index in [1.165, 1.54) is 0 Å². The Kier molecular flexibility index (Phi) is 7.79. The van der Waals surface area contributed by atoms with Gasteiger partial charge in [0.15, 0.2) is 0 Å². The number of piperidine rings is 1. The average molecular weight is 374 g/mol. The van der Waals surface area contributed by atoms with Gasteiger partial charge in [-0.25, -0.2) is 4.79 Å². The molecule has 1 aliphatic heterocycles. The minimum Gasteiger partial charge on any atom is -0.338 e. The van der Waals surface area contributed by atoms with E-state index in [9.17, 15) is 14.4 Å². The molecule has 0 spiro atoms. The van der Waals surface area contributed by atoms with Gasteiger partial charge in [0.25, 0.3) is 0 Å². The van der Waals surface area contributed by atoms with Crippen molar-refractivity contribution in [2.24, 2.45) is 11.8 Å². The first kappa shape index (κ1) is 20.9. The van der Waals surface area contributed by atoms with Crippen LogP contribution in [0.5, 0.6) is 0 Å². The Labute approximate surface area is 160 Å². The van der Waals surface area contributed by atoms with E-state index in [-0.39, 0.29) is 17.7 Å². The van der Waals surface area contributed by atoms with Crippen LogP contribution < -0.4 is 16.0 Å². The van der Waals surface area contributed by atoms with Gasteiger partial charge in [0.2, 0.25) is 11.8 Å². The van der Waals surface area contributed by atoms with E-state index in [2.05, 4.69) is 16.0 Å². The number of benzene rings is 1. The molecule has 3 N–H and O–H groups in total. The van der Waals surface area contributed by atoms with E-state index < -0.39 is 12.1 Å². The molecule has 7 heteroatoms.